The second-order valence-electron chi connectivity index (χ2n) is 7.30. The number of amides is 1. The van der Waals surface area contributed by atoms with Crippen LogP contribution in [0.15, 0.2) is 34.9 Å². The largest absolute Gasteiger partial charge is 0.506 e. The van der Waals surface area contributed by atoms with Crippen LogP contribution in [-0.4, -0.2) is 51.7 Å². The summed E-state index contributed by atoms with van der Waals surface area (Å²) in [6.07, 6.45) is 1.72. The molecule has 1 aliphatic heterocycles. The van der Waals surface area contributed by atoms with Gasteiger partial charge in [-0.25, -0.2) is 0 Å². The van der Waals surface area contributed by atoms with Crippen LogP contribution in [0.25, 0.3) is 10.8 Å². The number of nitrogens with zero attached hydrogens (tertiary/aromatic N) is 1. The standard InChI is InChI=1S/C21H16N2O6/c22-9-5-6-23(7-9)21(28)12-8-29-20-13(12)18(26)14-15(19(20)27)17(25)11-4-2-1-3-10(11)16(14)24/h1-4,8-9,24-25H,5-7,22H2/t9-/m0/s1. The molecule has 0 spiro atoms. The zero-order chi connectivity index (χ0) is 20.4. The Kier molecular flexibility index (Phi) is 3.56. The number of phenolic OH excluding ortho intramolecular Hbond substituents is 2. The first-order chi connectivity index (χ1) is 13.9. The third-order valence-corrected chi connectivity index (χ3v) is 5.58. The van der Waals surface area contributed by atoms with Crippen LogP contribution in [-0.2, 0) is 0 Å². The molecule has 2 aliphatic rings. The maximum absolute atomic E-state index is 13.3. The van der Waals surface area contributed by atoms with E-state index in [4.69, 9.17) is 10.2 Å². The number of fused-ring (bicyclic) bond motifs is 3. The van der Waals surface area contributed by atoms with E-state index in [1.54, 1.807) is 12.1 Å². The molecule has 0 saturated carbocycles. The fourth-order valence-corrected chi connectivity index (χ4v) is 4.13. The SMILES string of the molecule is N[C@H]1CCN(C(=O)c2coc3c2C(=O)c2c(c(O)c4ccccc4c2O)C3=O)C1. The van der Waals surface area contributed by atoms with Crippen LogP contribution < -0.4 is 5.73 Å². The first-order valence-corrected chi connectivity index (χ1v) is 9.12. The van der Waals surface area contributed by atoms with E-state index in [2.05, 4.69) is 0 Å². The Balaban J connectivity index is 1.71. The van der Waals surface area contributed by atoms with Gasteiger partial charge in [-0.1, -0.05) is 24.3 Å². The summed E-state index contributed by atoms with van der Waals surface area (Å²) in [5.74, 6) is -3.11. The molecule has 4 N–H and O–H groups in total. The molecule has 0 bridgehead atoms. The molecule has 1 aliphatic carbocycles. The lowest BCUT2D eigenvalue weighted by Gasteiger charge is -2.20. The van der Waals surface area contributed by atoms with Crippen molar-refractivity contribution < 1.29 is 29.0 Å². The van der Waals surface area contributed by atoms with Gasteiger partial charge in [0.2, 0.25) is 11.6 Å². The third-order valence-electron chi connectivity index (χ3n) is 5.58. The van der Waals surface area contributed by atoms with E-state index in [9.17, 15) is 24.6 Å². The summed E-state index contributed by atoms with van der Waals surface area (Å²) in [6.45, 7) is 0.781. The molecule has 1 aromatic heterocycles. The Bertz CT molecular complexity index is 1240. The van der Waals surface area contributed by atoms with Gasteiger partial charge in [0, 0.05) is 29.9 Å². The lowest BCUT2D eigenvalue weighted by molar-refractivity contribution is 0.0785. The van der Waals surface area contributed by atoms with Crippen LogP contribution in [0, 0.1) is 0 Å². The Morgan fingerprint density at radius 2 is 1.66 bits per heavy atom. The third kappa shape index (κ3) is 2.26. The van der Waals surface area contributed by atoms with Crippen LogP contribution in [0.3, 0.4) is 0 Å². The first-order valence-electron chi connectivity index (χ1n) is 9.12. The van der Waals surface area contributed by atoms with E-state index >= 15 is 0 Å². The van der Waals surface area contributed by atoms with Gasteiger partial charge in [-0.3, -0.25) is 14.4 Å². The number of aromatic hydroxyl groups is 2. The van der Waals surface area contributed by atoms with Crippen molar-refractivity contribution in [2.75, 3.05) is 13.1 Å². The normalized spacial score (nSPS) is 18.2. The Morgan fingerprint density at radius 1 is 1.03 bits per heavy atom. The molecule has 1 fully saturated rings. The molecule has 8 heteroatoms. The number of carbonyl (C=O) groups excluding carboxylic acids is 3. The van der Waals surface area contributed by atoms with Gasteiger partial charge in [0.05, 0.1) is 22.3 Å². The molecular weight excluding hydrogens is 376 g/mol. The number of ketones is 2. The van der Waals surface area contributed by atoms with Gasteiger partial charge >= 0.3 is 0 Å². The first kappa shape index (κ1) is 17.4. The minimum atomic E-state index is -0.759. The number of nitrogens with two attached hydrogens (primary N) is 1. The number of phenols is 2. The van der Waals surface area contributed by atoms with E-state index in [0.29, 0.717) is 19.5 Å². The molecule has 8 nitrogen and oxygen atoms in total. The number of furan rings is 1. The van der Waals surface area contributed by atoms with Crippen molar-refractivity contribution in [3.63, 3.8) is 0 Å². The van der Waals surface area contributed by atoms with Gasteiger partial charge in [0.1, 0.15) is 17.8 Å². The molecule has 5 rings (SSSR count). The predicted octanol–water partition coefficient (Wildman–Crippen LogP) is 1.79. The summed E-state index contributed by atoms with van der Waals surface area (Å²) in [5, 5.41) is 21.8. The molecule has 2 aromatic carbocycles. The lowest BCUT2D eigenvalue weighted by atomic mass is 9.83. The topological polar surface area (TPSA) is 134 Å². The molecule has 1 atom stereocenters. The zero-order valence-electron chi connectivity index (χ0n) is 15.1. The van der Waals surface area contributed by atoms with E-state index in [1.807, 2.05) is 0 Å². The fourth-order valence-electron chi connectivity index (χ4n) is 4.13. The number of benzene rings is 2. The second kappa shape index (κ2) is 5.92. The highest BCUT2D eigenvalue weighted by atomic mass is 16.3. The monoisotopic (exact) mass is 392 g/mol. The van der Waals surface area contributed by atoms with Crippen LogP contribution in [0.1, 0.15) is 48.8 Å². The van der Waals surface area contributed by atoms with Crippen molar-refractivity contribution in [3.8, 4) is 11.5 Å². The maximum atomic E-state index is 13.3. The fraction of sp³-hybridized carbons (Fsp3) is 0.190. The van der Waals surface area contributed by atoms with E-state index < -0.39 is 29.0 Å². The van der Waals surface area contributed by atoms with Crippen molar-refractivity contribution in [2.45, 2.75) is 12.5 Å². The highest BCUT2D eigenvalue weighted by Gasteiger charge is 2.42. The quantitative estimate of drug-likeness (QED) is 0.420. The summed E-state index contributed by atoms with van der Waals surface area (Å²) in [6, 6.07) is 6.19. The molecule has 29 heavy (non-hydrogen) atoms. The Labute approximate surface area is 164 Å². The highest BCUT2D eigenvalue weighted by Crippen LogP contribution is 2.45. The van der Waals surface area contributed by atoms with Gasteiger partial charge in [-0.15, -0.1) is 0 Å². The average Bonchev–Trinajstić information content (AvgIpc) is 3.35. The number of likely N-dealkylation sites (tertiary alicyclic amines) is 1. The molecule has 3 aromatic rings. The van der Waals surface area contributed by atoms with Gasteiger partial charge < -0.3 is 25.3 Å². The van der Waals surface area contributed by atoms with Crippen molar-refractivity contribution in [3.05, 3.63) is 58.5 Å². The minimum Gasteiger partial charge on any atom is -0.506 e. The highest BCUT2D eigenvalue weighted by molar-refractivity contribution is 6.33. The Morgan fingerprint density at radius 3 is 2.24 bits per heavy atom. The molecule has 146 valence electrons. The molecule has 2 heterocycles. The summed E-state index contributed by atoms with van der Waals surface area (Å²) in [4.78, 5) is 40.7. The van der Waals surface area contributed by atoms with Crippen LogP contribution in [0.2, 0.25) is 0 Å². The minimum absolute atomic E-state index is 0.0508. The van der Waals surface area contributed by atoms with Gasteiger partial charge in [-0.2, -0.15) is 0 Å². The van der Waals surface area contributed by atoms with Crippen LogP contribution >= 0.6 is 0 Å². The number of carbonyl (C=O) groups is 3. The van der Waals surface area contributed by atoms with Gasteiger partial charge in [0.15, 0.2) is 5.76 Å². The smallest absolute Gasteiger partial charge is 0.257 e. The van der Waals surface area contributed by atoms with E-state index in [0.717, 1.165) is 6.26 Å². The van der Waals surface area contributed by atoms with Crippen molar-refractivity contribution >= 4 is 28.2 Å². The number of rotatable bonds is 1. The lowest BCUT2D eigenvalue weighted by Crippen LogP contribution is -2.33. The van der Waals surface area contributed by atoms with Crippen molar-refractivity contribution in [1.29, 1.82) is 0 Å². The number of hydrogen-bond acceptors (Lipinski definition) is 7. The summed E-state index contributed by atoms with van der Waals surface area (Å²) in [7, 11) is 0. The van der Waals surface area contributed by atoms with Crippen molar-refractivity contribution in [1.82, 2.24) is 4.90 Å². The number of hydrogen-bond donors (Lipinski definition) is 3. The molecule has 0 unspecified atom stereocenters. The van der Waals surface area contributed by atoms with Crippen LogP contribution in [0.5, 0.6) is 11.5 Å². The summed E-state index contributed by atoms with van der Waals surface area (Å²) in [5.41, 5.74) is 4.96. The molecule has 0 radical (unpaired) electrons. The average molecular weight is 392 g/mol. The Hall–Kier alpha value is -3.65. The van der Waals surface area contributed by atoms with E-state index in [-0.39, 0.29) is 44.8 Å². The van der Waals surface area contributed by atoms with Crippen molar-refractivity contribution in [2.24, 2.45) is 5.73 Å². The van der Waals surface area contributed by atoms with Gasteiger partial charge in [-0.05, 0) is 6.42 Å². The molecule has 1 saturated heterocycles. The maximum Gasteiger partial charge on any atom is 0.257 e. The second-order valence-corrected chi connectivity index (χ2v) is 7.30. The van der Waals surface area contributed by atoms with E-state index in [1.165, 1.54) is 17.0 Å². The van der Waals surface area contributed by atoms with Crippen LogP contribution in [0.4, 0.5) is 0 Å². The summed E-state index contributed by atoms with van der Waals surface area (Å²) < 4.78 is 5.30. The predicted molar refractivity (Wildman–Crippen MR) is 101 cm³/mol. The molecular formula is C21H16N2O6. The zero-order valence-corrected chi connectivity index (χ0v) is 15.1. The summed E-state index contributed by atoms with van der Waals surface area (Å²) >= 11 is 0. The van der Waals surface area contributed by atoms with Gasteiger partial charge in [0.25, 0.3) is 5.91 Å². The molecule has 1 amide bonds.